The summed E-state index contributed by atoms with van der Waals surface area (Å²) in [5.41, 5.74) is 3.50. The molecule has 37 heavy (non-hydrogen) atoms. The second kappa shape index (κ2) is 9.64. The van der Waals surface area contributed by atoms with Gasteiger partial charge in [0.15, 0.2) is 0 Å². The van der Waals surface area contributed by atoms with Crippen molar-refractivity contribution in [3.05, 3.63) is 70.3 Å². The Morgan fingerprint density at radius 3 is 2.86 bits per heavy atom. The van der Waals surface area contributed by atoms with E-state index in [1.165, 1.54) is 11.1 Å². The first-order chi connectivity index (χ1) is 17.8. The predicted molar refractivity (Wildman–Crippen MR) is 143 cm³/mol. The zero-order chi connectivity index (χ0) is 25.6. The highest BCUT2D eigenvalue weighted by Gasteiger charge is 2.44. The van der Waals surface area contributed by atoms with Gasteiger partial charge in [0.25, 0.3) is 5.91 Å². The Morgan fingerprint density at radius 1 is 1.14 bits per heavy atom. The molecule has 2 aromatic rings. The number of halogens is 1. The number of carbonyl (C=O) groups excluding carboxylic acids is 1. The van der Waals surface area contributed by atoms with Crippen molar-refractivity contribution < 1.29 is 22.7 Å². The Balaban J connectivity index is 1.40. The van der Waals surface area contributed by atoms with E-state index in [2.05, 4.69) is 27.8 Å². The molecule has 1 saturated carbocycles. The minimum Gasteiger partial charge on any atom is -0.490 e. The molecule has 196 valence electrons. The quantitative estimate of drug-likeness (QED) is 0.505. The second-order valence-corrected chi connectivity index (χ2v) is 13.0. The lowest BCUT2D eigenvalue weighted by molar-refractivity contribution is 0.0981. The molecule has 9 heteroatoms. The van der Waals surface area contributed by atoms with Crippen molar-refractivity contribution in [3.63, 3.8) is 0 Å². The Hall–Kier alpha value is -2.55. The third-order valence-corrected chi connectivity index (χ3v) is 9.78. The van der Waals surface area contributed by atoms with Crippen molar-refractivity contribution in [2.45, 2.75) is 31.1 Å². The molecule has 2 bridgehead atoms. The topological polar surface area (TPSA) is 84.9 Å². The van der Waals surface area contributed by atoms with Crippen LogP contribution in [-0.4, -0.2) is 53.0 Å². The number of carbonyl (C=O) groups is 1. The molecule has 4 aliphatic rings. The average molecular weight is 543 g/mol. The van der Waals surface area contributed by atoms with E-state index >= 15 is 0 Å². The van der Waals surface area contributed by atoms with Crippen molar-refractivity contribution in [1.29, 1.82) is 0 Å². The molecular weight excluding hydrogens is 512 g/mol. The number of sulfonamides is 1. The summed E-state index contributed by atoms with van der Waals surface area (Å²) in [6.45, 7) is 2.52. The SMILES string of the molecule is O=C1NS(=O)(=O)CCOC/C=C/[C@@H]2CC[C@H]2CN2C[C@@]3(CCc4cc(Cl)ccc43)COc3ccc1cc32. The molecule has 7 nitrogen and oxygen atoms in total. The van der Waals surface area contributed by atoms with Crippen LogP contribution in [0.5, 0.6) is 5.75 Å². The normalized spacial score (nSPS) is 29.8. The van der Waals surface area contributed by atoms with Crippen molar-refractivity contribution in [2.75, 3.05) is 43.6 Å². The van der Waals surface area contributed by atoms with Gasteiger partial charge in [-0.2, -0.15) is 0 Å². The van der Waals surface area contributed by atoms with E-state index in [0.29, 0.717) is 30.6 Å². The summed E-state index contributed by atoms with van der Waals surface area (Å²) in [4.78, 5) is 15.3. The Kier molecular flexibility index (Phi) is 6.45. The molecular formula is C28H31ClN2O5S. The van der Waals surface area contributed by atoms with Gasteiger partial charge in [-0.1, -0.05) is 29.8 Å². The number of benzene rings is 2. The molecule has 2 aliphatic carbocycles. The van der Waals surface area contributed by atoms with Crippen LogP contribution in [-0.2, 0) is 26.6 Å². The number of hydrogen-bond donors (Lipinski definition) is 1. The molecule has 1 spiro atoms. The van der Waals surface area contributed by atoms with Gasteiger partial charge in [-0.15, -0.1) is 0 Å². The summed E-state index contributed by atoms with van der Waals surface area (Å²) in [6.07, 6.45) is 8.38. The van der Waals surface area contributed by atoms with E-state index in [0.717, 1.165) is 55.2 Å². The summed E-state index contributed by atoms with van der Waals surface area (Å²) >= 11 is 6.31. The van der Waals surface area contributed by atoms with Gasteiger partial charge in [-0.3, -0.25) is 4.79 Å². The molecule has 0 unspecified atom stereocenters. The maximum absolute atomic E-state index is 13.0. The second-order valence-electron chi connectivity index (χ2n) is 10.7. The number of anilines is 1. The maximum Gasteiger partial charge on any atom is 0.264 e. The molecule has 1 fully saturated rings. The largest absolute Gasteiger partial charge is 0.490 e. The van der Waals surface area contributed by atoms with Gasteiger partial charge in [0.1, 0.15) is 5.75 Å². The van der Waals surface area contributed by atoms with Crippen LogP contribution < -0.4 is 14.4 Å². The summed E-state index contributed by atoms with van der Waals surface area (Å²) in [6, 6.07) is 11.4. The Bertz CT molecular complexity index is 1360. The number of nitrogens with zero attached hydrogens (tertiary/aromatic N) is 1. The number of allylic oxidation sites excluding steroid dienone is 1. The minimum absolute atomic E-state index is 0.0294. The average Bonchev–Trinajstić information content (AvgIpc) is 3.11. The van der Waals surface area contributed by atoms with E-state index in [1.54, 1.807) is 18.2 Å². The van der Waals surface area contributed by atoms with Crippen molar-refractivity contribution in [1.82, 2.24) is 4.72 Å². The van der Waals surface area contributed by atoms with E-state index in [4.69, 9.17) is 21.1 Å². The monoisotopic (exact) mass is 542 g/mol. The number of aryl methyl sites for hydroxylation is 1. The Labute approximate surface area is 222 Å². The number of ether oxygens (including phenoxy) is 2. The van der Waals surface area contributed by atoms with Gasteiger partial charge < -0.3 is 14.4 Å². The van der Waals surface area contributed by atoms with Gasteiger partial charge >= 0.3 is 0 Å². The van der Waals surface area contributed by atoms with E-state index in [9.17, 15) is 13.2 Å². The predicted octanol–water partition coefficient (Wildman–Crippen LogP) is 4.10. The summed E-state index contributed by atoms with van der Waals surface area (Å²) in [7, 11) is -3.82. The number of nitrogens with one attached hydrogen (secondary N) is 1. The number of rotatable bonds is 0. The minimum atomic E-state index is -3.82. The highest BCUT2D eigenvalue weighted by atomic mass is 35.5. The van der Waals surface area contributed by atoms with Gasteiger partial charge in [0.05, 0.1) is 31.3 Å². The fourth-order valence-electron chi connectivity index (χ4n) is 6.17. The first-order valence-corrected chi connectivity index (χ1v) is 14.9. The van der Waals surface area contributed by atoms with Crippen molar-refractivity contribution in [3.8, 4) is 5.75 Å². The fraction of sp³-hybridized carbons (Fsp3) is 0.464. The first-order valence-electron chi connectivity index (χ1n) is 12.9. The third-order valence-electron chi connectivity index (χ3n) is 8.34. The van der Waals surface area contributed by atoms with Gasteiger partial charge in [-0.25, -0.2) is 13.1 Å². The van der Waals surface area contributed by atoms with Crippen LogP contribution in [0.2, 0.25) is 5.02 Å². The lowest BCUT2D eigenvalue weighted by Crippen LogP contribution is -2.45. The highest BCUT2D eigenvalue weighted by molar-refractivity contribution is 7.90. The van der Waals surface area contributed by atoms with Crippen LogP contribution in [0.15, 0.2) is 48.6 Å². The first kappa shape index (κ1) is 24.8. The molecule has 2 heterocycles. The number of amides is 1. The van der Waals surface area contributed by atoms with E-state index < -0.39 is 15.9 Å². The van der Waals surface area contributed by atoms with Gasteiger partial charge in [0.2, 0.25) is 10.0 Å². The van der Waals surface area contributed by atoms with Crippen LogP contribution >= 0.6 is 11.6 Å². The molecule has 0 saturated heterocycles. The van der Waals surface area contributed by atoms with Crippen molar-refractivity contribution in [2.24, 2.45) is 11.8 Å². The molecule has 2 aliphatic heterocycles. The maximum atomic E-state index is 13.0. The van der Waals surface area contributed by atoms with Crippen molar-refractivity contribution >= 4 is 33.2 Å². The summed E-state index contributed by atoms with van der Waals surface area (Å²) in [5.74, 6) is 0.738. The van der Waals surface area contributed by atoms with Crippen LogP contribution in [0, 0.1) is 11.8 Å². The molecule has 0 radical (unpaired) electrons. The third kappa shape index (κ3) is 4.87. The summed E-state index contributed by atoms with van der Waals surface area (Å²) in [5, 5.41) is 0.748. The highest BCUT2D eigenvalue weighted by Crippen LogP contribution is 2.47. The van der Waals surface area contributed by atoms with Crippen LogP contribution in [0.25, 0.3) is 0 Å². The number of hydrogen-bond acceptors (Lipinski definition) is 6. The molecule has 6 rings (SSSR count). The fourth-order valence-corrected chi connectivity index (χ4v) is 7.21. The lowest BCUT2D eigenvalue weighted by atomic mass is 9.72. The molecule has 1 amide bonds. The summed E-state index contributed by atoms with van der Waals surface area (Å²) < 4.78 is 39.0. The van der Waals surface area contributed by atoms with Crippen LogP contribution in [0.1, 0.15) is 40.7 Å². The molecule has 0 aromatic heterocycles. The van der Waals surface area contributed by atoms with Gasteiger partial charge in [0, 0.05) is 29.1 Å². The lowest BCUT2D eigenvalue weighted by Gasteiger charge is -2.41. The Morgan fingerprint density at radius 2 is 2.03 bits per heavy atom. The standard InChI is InChI=1S/C28H31ClN2O5S/c29-23-6-7-24-20(14-23)9-10-28(24)17-31-16-22-4-3-19(22)2-1-11-35-12-13-37(33,34)30-27(32)21-5-8-26(36-18-28)25(31)15-21/h1-2,5-8,14-15,19,22H,3-4,9-13,16-18H2,(H,30,32)/b2-1+/t19-,22+,28+/m1/s1. The molecule has 3 atom stereocenters. The van der Waals surface area contributed by atoms with Crippen LogP contribution in [0.3, 0.4) is 0 Å². The zero-order valence-electron chi connectivity index (χ0n) is 20.6. The number of fused-ring (bicyclic) bond motifs is 4. The smallest absolute Gasteiger partial charge is 0.264 e. The van der Waals surface area contributed by atoms with Crippen LogP contribution in [0.4, 0.5) is 5.69 Å². The van der Waals surface area contributed by atoms with E-state index in [1.807, 2.05) is 12.1 Å². The van der Waals surface area contributed by atoms with Gasteiger partial charge in [-0.05, 0) is 79.0 Å². The van der Waals surface area contributed by atoms with E-state index in [-0.39, 0.29) is 17.8 Å². The molecule has 1 N–H and O–H groups in total. The zero-order valence-corrected chi connectivity index (χ0v) is 22.2. The molecule has 2 aromatic carbocycles.